The number of rotatable bonds is 6. The Hall–Kier alpha value is -2.70. The first-order chi connectivity index (χ1) is 12.6. The Bertz CT molecular complexity index is 897. The van der Waals surface area contributed by atoms with E-state index in [1.807, 2.05) is 12.1 Å². The lowest BCUT2D eigenvalue weighted by atomic mass is 10.0. The number of halogens is 1. The smallest absolute Gasteiger partial charge is 0.203 e. The highest BCUT2D eigenvalue weighted by Crippen LogP contribution is 2.43. The SMILES string of the molecule is COc1cc(-c2noc(-c3ccccc3Cl)c2CO)cc(OC)c1OC. The zero-order chi connectivity index (χ0) is 18.7. The maximum atomic E-state index is 9.93. The highest BCUT2D eigenvalue weighted by Gasteiger charge is 2.22. The van der Waals surface area contributed by atoms with Gasteiger partial charge in [-0.25, -0.2) is 0 Å². The van der Waals surface area contributed by atoms with Crippen molar-refractivity contribution in [3.63, 3.8) is 0 Å². The second-order valence-electron chi connectivity index (χ2n) is 5.39. The molecule has 0 aliphatic carbocycles. The molecule has 0 spiro atoms. The second kappa shape index (κ2) is 7.68. The predicted octanol–water partition coefficient (Wildman–Crippen LogP) is 4.18. The summed E-state index contributed by atoms with van der Waals surface area (Å²) in [5.41, 5.74) is 2.31. The summed E-state index contributed by atoms with van der Waals surface area (Å²) in [5, 5.41) is 14.6. The minimum Gasteiger partial charge on any atom is -0.493 e. The molecular weight excluding hydrogens is 358 g/mol. The lowest BCUT2D eigenvalue weighted by Gasteiger charge is -2.13. The fourth-order valence-corrected chi connectivity index (χ4v) is 2.98. The van der Waals surface area contributed by atoms with Crippen LogP contribution in [0.2, 0.25) is 5.02 Å². The summed E-state index contributed by atoms with van der Waals surface area (Å²) in [6.45, 7) is -0.268. The molecule has 2 aromatic carbocycles. The summed E-state index contributed by atoms with van der Waals surface area (Å²) >= 11 is 6.25. The van der Waals surface area contributed by atoms with E-state index >= 15 is 0 Å². The normalized spacial score (nSPS) is 10.7. The molecule has 0 saturated carbocycles. The molecule has 26 heavy (non-hydrogen) atoms. The van der Waals surface area contributed by atoms with Gasteiger partial charge in [-0.2, -0.15) is 0 Å². The molecule has 6 nitrogen and oxygen atoms in total. The molecule has 3 aromatic rings. The van der Waals surface area contributed by atoms with Crippen LogP contribution in [0.25, 0.3) is 22.6 Å². The van der Waals surface area contributed by atoms with Crippen LogP contribution in [-0.2, 0) is 6.61 Å². The minimum atomic E-state index is -0.268. The van der Waals surface area contributed by atoms with Gasteiger partial charge in [-0.3, -0.25) is 0 Å². The lowest BCUT2D eigenvalue weighted by Crippen LogP contribution is -1.97. The highest BCUT2D eigenvalue weighted by molar-refractivity contribution is 6.33. The van der Waals surface area contributed by atoms with E-state index in [9.17, 15) is 5.11 Å². The minimum absolute atomic E-state index is 0.268. The van der Waals surface area contributed by atoms with Gasteiger partial charge in [0.15, 0.2) is 17.3 Å². The number of hydrogen-bond acceptors (Lipinski definition) is 6. The van der Waals surface area contributed by atoms with Gasteiger partial charge < -0.3 is 23.8 Å². The van der Waals surface area contributed by atoms with Crippen LogP contribution < -0.4 is 14.2 Å². The Morgan fingerprint density at radius 2 is 1.69 bits per heavy atom. The molecule has 1 aromatic heterocycles. The van der Waals surface area contributed by atoms with Crippen LogP contribution in [0.3, 0.4) is 0 Å². The van der Waals surface area contributed by atoms with Gasteiger partial charge in [0.05, 0.1) is 38.5 Å². The third-order valence-electron chi connectivity index (χ3n) is 4.00. The average molecular weight is 376 g/mol. The van der Waals surface area contributed by atoms with Crippen LogP contribution in [0.1, 0.15) is 5.56 Å². The number of aromatic nitrogens is 1. The predicted molar refractivity (Wildman–Crippen MR) is 98.0 cm³/mol. The summed E-state index contributed by atoms with van der Waals surface area (Å²) in [4.78, 5) is 0. The number of ether oxygens (including phenoxy) is 3. The van der Waals surface area contributed by atoms with Crippen molar-refractivity contribution in [3.05, 3.63) is 47.0 Å². The van der Waals surface area contributed by atoms with E-state index in [0.717, 1.165) is 0 Å². The van der Waals surface area contributed by atoms with E-state index in [2.05, 4.69) is 5.16 Å². The van der Waals surface area contributed by atoms with Crippen LogP contribution in [0.15, 0.2) is 40.9 Å². The molecule has 1 N–H and O–H groups in total. The van der Waals surface area contributed by atoms with E-state index in [-0.39, 0.29) is 6.61 Å². The molecule has 1 heterocycles. The summed E-state index contributed by atoms with van der Waals surface area (Å²) < 4.78 is 21.6. The van der Waals surface area contributed by atoms with E-state index in [4.69, 9.17) is 30.3 Å². The standard InChI is InChI=1S/C19H18ClNO5/c1-23-15-8-11(9-16(24-2)19(15)25-3)17-13(10-22)18(26-21-17)12-6-4-5-7-14(12)20/h4-9,22H,10H2,1-3H3. The monoisotopic (exact) mass is 375 g/mol. The molecule has 0 aliphatic heterocycles. The fraction of sp³-hybridized carbons (Fsp3) is 0.211. The van der Waals surface area contributed by atoms with Crippen molar-refractivity contribution in [2.24, 2.45) is 0 Å². The number of methoxy groups -OCH3 is 3. The van der Waals surface area contributed by atoms with Gasteiger partial charge in [-0.15, -0.1) is 0 Å². The molecule has 0 saturated heterocycles. The van der Waals surface area contributed by atoms with Crippen molar-refractivity contribution in [1.82, 2.24) is 5.16 Å². The number of nitrogens with zero attached hydrogens (tertiary/aromatic N) is 1. The van der Waals surface area contributed by atoms with E-state index in [1.54, 1.807) is 24.3 Å². The largest absolute Gasteiger partial charge is 0.493 e. The van der Waals surface area contributed by atoms with Gasteiger partial charge >= 0.3 is 0 Å². The second-order valence-corrected chi connectivity index (χ2v) is 5.80. The quantitative estimate of drug-likeness (QED) is 0.696. The molecule has 0 radical (unpaired) electrons. The van der Waals surface area contributed by atoms with Gasteiger partial charge in [0, 0.05) is 11.1 Å². The summed E-state index contributed by atoms with van der Waals surface area (Å²) in [7, 11) is 4.60. The Kier molecular flexibility index (Phi) is 5.35. The molecule has 0 atom stereocenters. The summed E-state index contributed by atoms with van der Waals surface area (Å²) in [5.74, 6) is 1.85. The van der Waals surface area contributed by atoms with Crippen LogP contribution in [0, 0.1) is 0 Å². The Morgan fingerprint density at radius 3 is 2.23 bits per heavy atom. The molecular formula is C19H18ClNO5. The van der Waals surface area contributed by atoms with Crippen molar-refractivity contribution in [1.29, 1.82) is 0 Å². The van der Waals surface area contributed by atoms with Gasteiger partial charge in [0.2, 0.25) is 5.75 Å². The maximum Gasteiger partial charge on any atom is 0.203 e. The first-order valence-corrected chi connectivity index (χ1v) is 8.17. The van der Waals surface area contributed by atoms with Crippen molar-refractivity contribution in [2.75, 3.05) is 21.3 Å². The highest BCUT2D eigenvalue weighted by atomic mass is 35.5. The van der Waals surface area contributed by atoms with Crippen LogP contribution in [0.4, 0.5) is 0 Å². The first-order valence-electron chi connectivity index (χ1n) is 7.79. The van der Waals surface area contributed by atoms with Crippen molar-refractivity contribution in [3.8, 4) is 39.8 Å². The van der Waals surface area contributed by atoms with Crippen LogP contribution in [-0.4, -0.2) is 31.6 Å². The first kappa shape index (κ1) is 18.1. The third-order valence-corrected chi connectivity index (χ3v) is 4.33. The molecule has 0 bridgehead atoms. The van der Waals surface area contributed by atoms with E-state index in [0.29, 0.717) is 50.4 Å². The van der Waals surface area contributed by atoms with Crippen LogP contribution >= 0.6 is 11.6 Å². The van der Waals surface area contributed by atoms with Gasteiger partial charge in [-0.1, -0.05) is 28.9 Å². The Balaban J connectivity index is 2.18. The summed E-state index contributed by atoms with van der Waals surface area (Å²) in [6, 6.07) is 10.7. The average Bonchev–Trinajstić information content (AvgIpc) is 3.10. The lowest BCUT2D eigenvalue weighted by molar-refractivity contribution is 0.281. The molecule has 0 fully saturated rings. The molecule has 0 aliphatic rings. The van der Waals surface area contributed by atoms with Crippen molar-refractivity contribution < 1.29 is 23.8 Å². The maximum absolute atomic E-state index is 9.93. The van der Waals surface area contributed by atoms with Crippen molar-refractivity contribution in [2.45, 2.75) is 6.61 Å². The molecule has 0 unspecified atom stereocenters. The molecule has 0 amide bonds. The van der Waals surface area contributed by atoms with Gasteiger partial charge in [0.1, 0.15) is 5.69 Å². The number of aliphatic hydroxyl groups is 1. The molecule has 3 rings (SSSR count). The summed E-state index contributed by atoms with van der Waals surface area (Å²) in [6.07, 6.45) is 0. The number of benzene rings is 2. The topological polar surface area (TPSA) is 74.0 Å². The fourth-order valence-electron chi connectivity index (χ4n) is 2.76. The molecule has 136 valence electrons. The Morgan fingerprint density at radius 1 is 1.04 bits per heavy atom. The third kappa shape index (κ3) is 3.09. The zero-order valence-corrected chi connectivity index (χ0v) is 15.3. The van der Waals surface area contributed by atoms with E-state index < -0.39 is 0 Å². The Labute approximate surface area is 155 Å². The molecule has 7 heteroatoms. The van der Waals surface area contributed by atoms with Crippen LogP contribution in [0.5, 0.6) is 17.2 Å². The van der Waals surface area contributed by atoms with E-state index in [1.165, 1.54) is 21.3 Å². The van der Waals surface area contributed by atoms with Gasteiger partial charge in [0.25, 0.3) is 0 Å². The number of hydrogen-bond donors (Lipinski definition) is 1. The van der Waals surface area contributed by atoms with Crippen molar-refractivity contribution >= 4 is 11.6 Å². The zero-order valence-electron chi connectivity index (χ0n) is 14.6. The van der Waals surface area contributed by atoms with Gasteiger partial charge in [-0.05, 0) is 24.3 Å². The number of aliphatic hydroxyl groups excluding tert-OH is 1.